The maximum Gasteiger partial charge on any atom is 0.252 e. The van der Waals surface area contributed by atoms with Gasteiger partial charge in [0.25, 0.3) is 5.91 Å². The summed E-state index contributed by atoms with van der Waals surface area (Å²) in [5, 5.41) is 5.38. The third-order valence-corrected chi connectivity index (χ3v) is 7.51. The standard InChI is InChI=1S/C29H29BN2O3/c1-3-4-12-35-13-11-32-24-10-6-18(30)15-22(24)26-23-16-31-29(33)27(23)25-20-9-7-19(34-2)14-17(20)5-8-21(25)28(26)32/h6-7,9-10,14-15H,3-5,8,11-13,16H2,1-2H3,(H,31,33). The summed E-state index contributed by atoms with van der Waals surface area (Å²) >= 11 is 0. The van der Waals surface area contributed by atoms with Gasteiger partial charge < -0.3 is 19.4 Å². The number of benzene rings is 3. The fourth-order valence-electron chi connectivity index (χ4n) is 5.91. The van der Waals surface area contributed by atoms with E-state index >= 15 is 0 Å². The molecule has 176 valence electrons. The fraction of sp³-hybridized carbons (Fsp3) is 0.345. The Morgan fingerprint density at radius 2 is 1.94 bits per heavy atom. The number of aryl methyl sites for hydroxylation is 2. The highest BCUT2D eigenvalue weighted by Crippen LogP contribution is 2.47. The number of hydrogen-bond acceptors (Lipinski definition) is 3. The number of unbranched alkanes of at least 4 members (excludes halogenated alkanes) is 1. The maximum atomic E-state index is 13.2. The summed E-state index contributed by atoms with van der Waals surface area (Å²) in [5.41, 5.74) is 9.68. The minimum absolute atomic E-state index is 0.00881. The monoisotopic (exact) mass is 464 g/mol. The molecule has 1 aliphatic carbocycles. The van der Waals surface area contributed by atoms with Crippen molar-refractivity contribution in [2.75, 3.05) is 20.3 Å². The average Bonchev–Trinajstić information content (AvgIpc) is 3.41. The largest absolute Gasteiger partial charge is 0.497 e. The van der Waals surface area contributed by atoms with Crippen LogP contribution >= 0.6 is 0 Å². The van der Waals surface area contributed by atoms with Gasteiger partial charge in [-0.15, -0.1) is 0 Å². The van der Waals surface area contributed by atoms with Crippen molar-refractivity contribution in [1.29, 1.82) is 0 Å². The molecule has 2 heterocycles. The summed E-state index contributed by atoms with van der Waals surface area (Å²) in [4.78, 5) is 13.2. The Balaban J connectivity index is 1.64. The number of methoxy groups -OCH3 is 1. The van der Waals surface area contributed by atoms with Crippen LogP contribution in [0.1, 0.15) is 46.8 Å². The molecule has 0 saturated heterocycles. The van der Waals surface area contributed by atoms with E-state index in [1.165, 1.54) is 16.6 Å². The Hall–Kier alpha value is -3.25. The van der Waals surface area contributed by atoms with Crippen molar-refractivity contribution < 1.29 is 14.3 Å². The third kappa shape index (κ3) is 3.46. The van der Waals surface area contributed by atoms with Crippen molar-refractivity contribution >= 4 is 41.0 Å². The van der Waals surface area contributed by atoms with Crippen LogP contribution in [0.5, 0.6) is 5.75 Å². The van der Waals surface area contributed by atoms with Gasteiger partial charge in [-0.1, -0.05) is 37.0 Å². The molecule has 4 aromatic rings. The van der Waals surface area contributed by atoms with Gasteiger partial charge in [0.05, 0.1) is 24.8 Å². The van der Waals surface area contributed by atoms with E-state index in [9.17, 15) is 4.79 Å². The maximum absolute atomic E-state index is 13.2. The highest BCUT2D eigenvalue weighted by molar-refractivity contribution is 6.34. The van der Waals surface area contributed by atoms with Gasteiger partial charge in [-0.25, -0.2) is 0 Å². The first-order chi connectivity index (χ1) is 17.1. The lowest BCUT2D eigenvalue weighted by Gasteiger charge is -2.25. The zero-order chi connectivity index (χ0) is 24.1. The molecule has 35 heavy (non-hydrogen) atoms. The molecule has 5 nitrogen and oxygen atoms in total. The molecular weight excluding hydrogens is 435 g/mol. The Morgan fingerprint density at radius 1 is 1.06 bits per heavy atom. The minimum Gasteiger partial charge on any atom is -0.497 e. The highest BCUT2D eigenvalue weighted by atomic mass is 16.5. The molecule has 0 unspecified atom stereocenters. The van der Waals surface area contributed by atoms with Gasteiger partial charge >= 0.3 is 0 Å². The molecular formula is C29H29BN2O3. The van der Waals surface area contributed by atoms with Crippen LogP contribution in [0.25, 0.3) is 32.9 Å². The number of ether oxygens (including phenoxy) is 2. The van der Waals surface area contributed by atoms with Gasteiger partial charge in [0.15, 0.2) is 0 Å². The van der Waals surface area contributed by atoms with Crippen LogP contribution in [0.3, 0.4) is 0 Å². The number of hydrogen-bond donors (Lipinski definition) is 1. The first-order valence-corrected chi connectivity index (χ1v) is 12.5. The first-order valence-electron chi connectivity index (χ1n) is 12.5. The van der Waals surface area contributed by atoms with E-state index in [0.29, 0.717) is 13.2 Å². The molecule has 0 bridgehead atoms. The molecule has 1 aromatic heterocycles. The second-order valence-electron chi connectivity index (χ2n) is 9.53. The van der Waals surface area contributed by atoms with Crippen LogP contribution < -0.4 is 15.5 Å². The number of nitrogens with one attached hydrogen (secondary N) is 1. The average molecular weight is 464 g/mol. The van der Waals surface area contributed by atoms with E-state index in [4.69, 9.17) is 17.3 Å². The summed E-state index contributed by atoms with van der Waals surface area (Å²) < 4.78 is 13.9. The molecule has 1 amide bonds. The van der Waals surface area contributed by atoms with Crippen LogP contribution in [0.4, 0.5) is 0 Å². The minimum atomic E-state index is 0.00881. The molecule has 0 atom stereocenters. The van der Waals surface area contributed by atoms with E-state index in [0.717, 1.165) is 88.6 Å². The normalized spacial score (nSPS) is 14.2. The number of amides is 1. The van der Waals surface area contributed by atoms with E-state index in [1.807, 2.05) is 12.1 Å². The Labute approximate surface area is 206 Å². The molecule has 1 N–H and O–H groups in total. The van der Waals surface area contributed by atoms with E-state index in [1.54, 1.807) is 7.11 Å². The summed E-state index contributed by atoms with van der Waals surface area (Å²) in [7, 11) is 7.95. The van der Waals surface area contributed by atoms with Gasteiger partial charge in [0, 0.05) is 41.5 Å². The van der Waals surface area contributed by atoms with Crippen LogP contribution in [0, 0.1) is 0 Å². The van der Waals surface area contributed by atoms with E-state index < -0.39 is 0 Å². The Bertz CT molecular complexity index is 1490. The number of fused-ring (bicyclic) bond motifs is 10. The van der Waals surface area contributed by atoms with E-state index in [2.05, 4.69) is 41.1 Å². The van der Waals surface area contributed by atoms with Gasteiger partial charge in [-0.05, 0) is 59.7 Å². The van der Waals surface area contributed by atoms with Crippen molar-refractivity contribution in [3.8, 4) is 16.9 Å². The predicted molar refractivity (Wildman–Crippen MR) is 141 cm³/mol. The molecule has 0 fully saturated rings. The quantitative estimate of drug-likeness (QED) is 0.326. The van der Waals surface area contributed by atoms with Crippen LogP contribution in [0.15, 0.2) is 36.4 Å². The number of carbonyl (C=O) groups is 1. The Kier molecular flexibility index (Phi) is 5.56. The molecule has 3 aromatic carbocycles. The van der Waals surface area contributed by atoms with Crippen molar-refractivity contribution in [3.63, 3.8) is 0 Å². The molecule has 0 spiro atoms. The second-order valence-corrected chi connectivity index (χ2v) is 9.53. The summed E-state index contributed by atoms with van der Waals surface area (Å²) in [5.74, 6) is 0.859. The van der Waals surface area contributed by atoms with Crippen LogP contribution in [-0.2, 0) is 30.7 Å². The molecule has 2 aliphatic rings. The lowest BCUT2D eigenvalue weighted by atomic mass is 9.80. The molecule has 2 radical (unpaired) electrons. The van der Waals surface area contributed by atoms with Crippen molar-refractivity contribution in [3.05, 3.63) is 58.7 Å². The van der Waals surface area contributed by atoms with Crippen molar-refractivity contribution in [2.24, 2.45) is 0 Å². The van der Waals surface area contributed by atoms with E-state index in [-0.39, 0.29) is 5.91 Å². The molecule has 0 saturated carbocycles. The van der Waals surface area contributed by atoms with Crippen molar-refractivity contribution in [1.82, 2.24) is 9.88 Å². The zero-order valence-electron chi connectivity index (χ0n) is 20.4. The summed E-state index contributed by atoms with van der Waals surface area (Å²) in [6.07, 6.45) is 3.97. The highest BCUT2D eigenvalue weighted by Gasteiger charge is 2.34. The number of nitrogens with zero attached hydrogens (tertiary/aromatic N) is 1. The van der Waals surface area contributed by atoms with Gasteiger partial charge in [-0.2, -0.15) is 0 Å². The lowest BCUT2D eigenvalue weighted by molar-refractivity contribution is 0.0966. The lowest BCUT2D eigenvalue weighted by Crippen LogP contribution is -2.16. The molecule has 6 rings (SSSR count). The summed E-state index contributed by atoms with van der Waals surface area (Å²) in [6, 6.07) is 12.4. The van der Waals surface area contributed by atoms with Crippen LogP contribution in [0.2, 0.25) is 0 Å². The van der Waals surface area contributed by atoms with Gasteiger partial charge in [-0.3, -0.25) is 4.79 Å². The van der Waals surface area contributed by atoms with Gasteiger partial charge in [0.1, 0.15) is 13.6 Å². The second kappa shape index (κ2) is 8.76. The topological polar surface area (TPSA) is 52.5 Å². The SMILES string of the molecule is [B]c1ccc2c(c1)c1c3c(c4c(c1n2CCOCCCC)CCc1cc(OC)ccc1-4)C(=O)NC3. The zero-order valence-corrected chi connectivity index (χ0v) is 20.4. The number of rotatable bonds is 7. The first kappa shape index (κ1) is 22.2. The van der Waals surface area contributed by atoms with Crippen LogP contribution in [-0.4, -0.2) is 38.6 Å². The molecule has 6 heteroatoms. The predicted octanol–water partition coefficient (Wildman–Crippen LogP) is 4.42. The van der Waals surface area contributed by atoms with Crippen molar-refractivity contribution in [2.45, 2.75) is 45.7 Å². The molecule has 1 aliphatic heterocycles. The number of carbonyl (C=O) groups excluding carboxylic acids is 1. The van der Waals surface area contributed by atoms with Gasteiger partial charge in [0.2, 0.25) is 0 Å². The third-order valence-electron chi connectivity index (χ3n) is 7.51. The Morgan fingerprint density at radius 3 is 2.77 bits per heavy atom. The summed E-state index contributed by atoms with van der Waals surface area (Å²) in [6.45, 7) is 4.90. The number of aromatic nitrogens is 1. The fourth-order valence-corrected chi connectivity index (χ4v) is 5.91. The smallest absolute Gasteiger partial charge is 0.252 e.